The Hall–Kier alpha value is -0.830. The highest BCUT2D eigenvalue weighted by Crippen LogP contribution is 2.23. The minimum atomic E-state index is 0.199. The zero-order chi connectivity index (χ0) is 12.3. The van der Waals surface area contributed by atoms with E-state index in [9.17, 15) is 4.79 Å². The Morgan fingerprint density at radius 1 is 1.47 bits per heavy atom. The molecule has 0 aliphatic carbocycles. The third kappa shape index (κ3) is 2.54. The van der Waals surface area contributed by atoms with Gasteiger partial charge in [0.15, 0.2) is 0 Å². The number of carbonyl (C=O) groups excluding carboxylic acids is 1. The molecule has 2 rings (SSSR count). The summed E-state index contributed by atoms with van der Waals surface area (Å²) in [5.41, 5.74) is 2.03. The van der Waals surface area contributed by atoms with Crippen molar-refractivity contribution in [2.45, 2.75) is 32.2 Å². The number of aryl methyl sites for hydroxylation is 1. The van der Waals surface area contributed by atoms with Crippen molar-refractivity contribution in [1.82, 2.24) is 4.90 Å². The lowest BCUT2D eigenvalue weighted by atomic mass is 10.0. The van der Waals surface area contributed by atoms with Crippen molar-refractivity contribution in [3.05, 3.63) is 35.4 Å². The van der Waals surface area contributed by atoms with Crippen LogP contribution in [0.4, 0.5) is 0 Å². The minimum Gasteiger partial charge on any atom is -0.335 e. The zero-order valence-corrected chi connectivity index (χ0v) is 11.7. The van der Waals surface area contributed by atoms with E-state index in [4.69, 9.17) is 0 Å². The van der Waals surface area contributed by atoms with Gasteiger partial charge in [-0.2, -0.15) is 0 Å². The molecule has 1 aliphatic rings. The molecule has 0 aromatic heterocycles. The highest BCUT2D eigenvalue weighted by molar-refractivity contribution is 9.09. The van der Waals surface area contributed by atoms with Gasteiger partial charge in [-0.25, -0.2) is 0 Å². The lowest BCUT2D eigenvalue weighted by Gasteiger charge is -2.24. The van der Waals surface area contributed by atoms with Crippen molar-refractivity contribution < 1.29 is 4.79 Å². The van der Waals surface area contributed by atoms with E-state index in [0.717, 1.165) is 42.3 Å². The molecule has 3 heteroatoms. The monoisotopic (exact) mass is 295 g/mol. The molecule has 1 unspecified atom stereocenters. The maximum atomic E-state index is 12.5. The first-order valence-electron chi connectivity index (χ1n) is 6.22. The Balaban J connectivity index is 2.24. The van der Waals surface area contributed by atoms with E-state index in [0.29, 0.717) is 6.04 Å². The summed E-state index contributed by atoms with van der Waals surface area (Å²) in [7, 11) is 0. The van der Waals surface area contributed by atoms with Crippen LogP contribution in [0.2, 0.25) is 0 Å². The molecule has 92 valence electrons. The topological polar surface area (TPSA) is 20.3 Å². The van der Waals surface area contributed by atoms with E-state index in [1.165, 1.54) is 0 Å². The van der Waals surface area contributed by atoms with Crippen LogP contribution in [0, 0.1) is 0 Å². The molecule has 0 N–H and O–H groups in total. The average Bonchev–Trinajstić information content (AvgIpc) is 2.86. The third-order valence-corrected chi connectivity index (χ3v) is 4.19. The molecule has 0 spiro atoms. The molecular weight excluding hydrogens is 278 g/mol. The summed E-state index contributed by atoms with van der Waals surface area (Å²) < 4.78 is 0. The van der Waals surface area contributed by atoms with Crippen LogP contribution in [0.1, 0.15) is 35.7 Å². The van der Waals surface area contributed by atoms with Crippen LogP contribution in [0.5, 0.6) is 0 Å². The number of alkyl halides is 1. The summed E-state index contributed by atoms with van der Waals surface area (Å²) >= 11 is 3.50. The van der Waals surface area contributed by atoms with Crippen LogP contribution in [0.15, 0.2) is 24.3 Å². The summed E-state index contributed by atoms with van der Waals surface area (Å²) in [6.07, 6.45) is 3.15. The number of amides is 1. The van der Waals surface area contributed by atoms with E-state index in [-0.39, 0.29) is 5.91 Å². The number of nitrogens with zero attached hydrogens (tertiary/aromatic N) is 1. The number of likely N-dealkylation sites (tertiary alicyclic amines) is 1. The van der Waals surface area contributed by atoms with Gasteiger partial charge in [-0.3, -0.25) is 4.79 Å². The summed E-state index contributed by atoms with van der Waals surface area (Å²) in [5.74, 6) is 0.199. The van der Waals surface area contributed by atoms with Crippen molar-refractivity contribution in [2.75, 3.05) is 11.9 Å². The predicted octanol–water partition coefficient (Wildman–Crippen LogP) is 3.25. The van der Waals surface area contributed by atoms with Gasteiger partial charge in [0, 0.05) is 23.5 Å². The lowest BCUT2D eigenvalue weighted by Crippen LogP contribution is -2.36. The number of carbonyl (C=O) groups is 1. The number of benzene rings is 1. The Kier molecular flexibility index (Phi) is 4.21. The smallest absolute Gasteiger partial charge is 0.254 e. The first-order valence-corrected chi connectivity index (χ1v) is 7.35. The van der Waals surface area contributed by atoms with Gasteiger partial charge in [0.25, 0.3) is 5.91 Å². The van der Waals surface area contributed by atoms with Crippen molar-refractivity contribution in [3.63, 3.8) is 0 Å². The number of rotatable bonds is 3. The maximum absolute atomic E-state index is 12.5. The van der Waals surface area contributed by atoms with Gasteiger partial charge in [-0.15, -0.1) is 0 Å². The zero-order valence-electron chi connectivity index (χ0n) is 10.2. The van der Waals surface area contributed by atoms with E-state index >= 15 is 0 Å². The maximum Gasteiger partial charge on any atom is 0.254 e. The van der Waals surface area contributed by atoms with Gasteiger partial charge in [-0.1, -0.05) is 41.1 Å². The van der Waals surface area contributed by atoms with Gasteiger partial charge in [0.1, 0.15) is 0 Å². The van der Waals surface area contributed by atoms with E-state index in [1.54, 1.807) is 0 Å². The normalized spacial score (nSPS) is 19.6. The van der Waals surface area contributed by atoms with E-state index < -0.39 is 0 Å². The molecule has 1 aromatic rings. The SMILES string of the molecule is CCc1ccccc1C(=O)N1CCCC1CBr. The van der Waals surface area contributed by atoms with Crippen LogP contribution in [-0.2, 0) is 6.42 Å². The summed E-state index contributed by atoms with van der Waals surface area (Å²) in [4.78, 5) is 14.5. The summed E-state index contributed by atoms with van der Waals surface area (Å²) in [6, 6.07) is 8.32. The molecule has 0 saturated carbocycles. The molecule has 1 heterocycles. The number of hydrogen-bond donors (Lipinski definition) is 0. The standard InChI is InChI=1S/C14H18BrNO/c1-2-11-6-3-4-8-13(11)14(17)16-9-5-7-12(16)10-15/h3-4,6,8,12H,2,5,7,9-10H2,1H3. The van der Waals surface area contributed by atoms with Crippen LogP contribution < -0.4 is 0 Å². The lowest BCUT2D eigenvalue weighted by molar-refractivity contribution is 0.0749. The second-order valence-corrected chi connectivity index (χ2v) is 5.11. The second kappa shape index (κ2) is 5.67. The van der Waals surface area contributed by atoms with Crippen LogP contribution in [-0.4, -0.2) is 28.7 Å². The molecule has 1 aromatic carbocycles. The predicted molar refractivity (Wildman–Crippen MR) is 73.7 cm³/mol. The van der Waals surface area contributed by atoms with Crippen molar-refractivity contribution >= 4 is 21.8 Å². The first-order chi connectivity index (χ1) is 8.27. The Bertz CT molecular complexity index is 405. The van der Waals surface area contributed by atoms with Gasteiger partial charge >= 0.3 is 0 Å². The van der Waals surface area contributed by atoms with Crippen molar-refractivity contribution in [3.8, 4) is 0 Å². The Morgan fingerprint density at radius 3 is 2.94 bits per heavy atom. The van der Waals surface area contributed by atoms with Crippen LogP contribution in [0.25, 0.3) is 0 Å². The fourth-order valence-electron chi connectivity index (χ4n) is 2.46. The summed E-state index contributed by atoms with van der Waals surface area (Å²) in [6.45, 7) is 2.99. The van der Waals surface area contributed by atoms with Gasteiger partial charge in [0.2, 0.25) is 0 Å². The van der Waals surface area contributed by atoms with E-state index in [1.807, 2.05) is 29.2 Å². The molecule has 17 heavy (non-hydrogen) atoms. The molecule has 1 fully saturated rings. The highest BCUT2D eigenvalue weighted by atomic mass is 79.9. The molecule has 1 aliphatic heterocycles. The Morgan fingerprint density at radius 2 is 2.24 bits per heavy atom. The van der Waals surface area contributed by atoms with Crippen LogP contribution in [0.3, 0.4) is 0 Å². The average molecular weight is 296 g/mol. The molecule has 0 radical (unpaired) electrons. The minimum absolute atomic E-state index is 0.199. The number of hydrogen-bond acceptors (Lipinski definition) is 1. The molecule has 0 bridgehead atoms. The molecule has 1 amide bonds. The largest absolute Gasteiger partial charge is 0.335 e. The quantitative estimate of drug-likeness (QED) is 0.784. The van der Waals surface area contributed by atoms with Gasteiger partial charge < -0.3 is 4.90 Å². The second-order valence-electron chi connectivity index (χ2n) is 4.46. The van der Waals surface area contributed by atoms with Crippen molar-refractivity contribution in [1.29, 1.82) is 0 Å². The van der Waals surface area contributed by atoms with Gasteiger partial charge in [0.05, 0.1) is 0 Å². The van der Waals surface area contributed by atoms with Crippen molar-refractivity contribution in [2.24, 2.45) is 0 Å². The fourth-order valence-corrected chi connectivity index (χ4v) is 3.13. The molecule has 2 nitrogen and oxygen atoms in total. The summed E-state index contributed by atoms with van der Waals surface area (Å²) in [5, 5.41) is 0.882. The molecular formula is C14H18BrNO. The van der Waals surface area contributed by atoms with Crippen LogP contribution >= 0.6 is 15.9 Å². The molecule has 1 saturated heterocycles. The molecule has 1 atom stereocenters. The first kappa shape index (κ1) is 12.6. The Labute approximate surface area is 111 Å². The third-order valence-electron chi connectivity index (χ3n) is 3.44. The van der Waals surface area contributed by atoms with Gasteiger partial charge in [-0.05, 0) is 30.9 Å². The number of halogens is 1. The van der Waals surface area contributed by atoms with E-state index in [2.05, 4.69) is 22.9 Å². The highest BCUT2D eigenvalue weighted by Gasteiger charge is 2.29. The fraction of sp³-hybridized carbons (Fsp3) is 0.500.